The lowest BCUT2D eigenvalue weighted by Crippen LogP contribution is -2.46. The summed E-state index contributed by atoms with van der Waals surface area (Å²) in [7, 11) is 1.57. The number of aromatic nitrogens is 1. The number of hydrazine groups is 1. The van der Waals surface area contributed by atoms with Crippen LogP contribution in [0.5, 0.6) is 23.0 Å². The number of nitrogens with one attached hydrogen (secondary N) is 2. The first-order valence-electron chi connectivity index (χ1n) is 15.0. The highest BCUT2D eigenvalue weighted by atomic mass is 35.5. The summed E-state index contributed by atoms with van der Waals surface area (Å²) in [5.41, 5.74) is 3.02. The van der Waals surface area contributed by atoms with Crippen molar-refractivity contribution in [3.8, 4) is 23.0 Å². The van der Waals surface area contributed by atoms with Gasteiger partial charge in [-0.05, 0) is 74.8 Å². The van der Waals surface area contributed by atoms with E-state index in [9.17, 15) is 18.4 Å². The van der Waals surface area contributed by atoms with E-state index in [0.29, 0.717) is 46.2 Å². The van der Waals surface area contributed by atoms with Gasteiger partial charge in [-0.25, -0.2) is 24.0 Å². The topological polar surface area (TPSA) is 105 Å². The molecule has 6 rings (SSSR count). The summed E-state index contributed by atoms with van der Waals surface area (Å²) >= 11 is 7.54. The third kappa shape index (κ3) is 7.47. The number of urea groups is 1. The van der Waals surface area contributed by atoms with Crippen LogP contribution in [0.4, 0.5) is 19.3 Å². The van der Waals surface area contributed by atoms with E-state index in [2.05, 4.69) is 20.6 Å². The number of rotatable bonds is 11. The molecule has 14 heteroatoms. The number of carbonyl (C=O) groups excluding carboxylic acids is 2. The molecule has 4 aromatic rings. The van der Waals surface area contributed by atoms with Gasteiger partial charge in [0.1, 0.15) is 28.5 Å². The molecule has 3 aromatic carbocycles. The van der Waals surface area contributed by atoms with Gasteiger partial charge in [0.25, 0.3) is 5.91 Å². The molecule has 0 bridgehead atoms. The molecule has 47 heavy (non-hydrogen) atoms. The van der Waals surface area contributed by atoms with E-state index < -0.39 is 28.9 Å². The summed E-state index contributed by atoms with van der Waals surface area (Å²) in [6.07, 6.45) is 5.04. The zero-order valence-corrected chi connectivity index (χ0v) is 27.0. The Morgan fingerprint density at radius 3 is 2.57 bits per heavy atom. The maximum absolute atomic E-state index is 14.4. The Balaban J connectivity index is 1.11. The number of methoxy groups -OCH3 is 1. The molecule has 3 amide bonds. The van der Waals surface area contributed by atoms with Gasteiger partial charge in [-0.1, -0.05) is 17.7 Å². The van der Waals surface area contributed by atoms with E-state index in [4.69, 9.17) is 25.8 Å². The van der Waals surface area contributed by atoms with E-state index >= 15 is 0 Å². The number of anilines is 1. The zero-order chi connectivity index (χ0) is 32.9. The summed E-state index contributed by atoms with van der Waals surface area (Å²) in [6.45, 7) is 3.85. The van der Waals surface area contributed by atoms with Crippen LogP contribution < -0.4 is 25.0 Å². The number of thioether (sulfide) groups is 1. The van der Waals surface area contributed by atoms with Crippen molar-refractivity contribution in [3.05, 3.63) is 83.0 Å². The maximum Gasteiger partial charge on any atom is 0.338 e. The number of benzene rings is 3. The number of hydrogen-bond acceptors (Lipinski definition) is 8. The number of hydrogen-bond donors (Lipinski definition) is 2. The number of carbonyl (C=O) groups is 2. The number of pyridine rings is 1. The standard InChI is InChI=1S/C33H32ClF2N5O5S/c1-44-28-17-21-25(18-29(28)45-15-5-14-40-12-2-3-13-40)37-11-10-26(21)46-27-9-8-20(16-22(27)34)38-33(43)39-41-30(42)19-47-32(41)31-23(35)6-4-7-24(31)36/h4,6-11,16-18,32H,2-3,5,12-15,19H2,1H3,(H2,38,39,43). The lowest BCUT2D eigenvalue weighted by atomic mass is 10.1. The molecule has 2 saturated heterocycles. The molecule has 2 aliphatic rings. The van der Waals surface area contributed by atoms with E-state index in [-0.39, 0.29) is 16.3 Å². The highest BCUT2D eigenvalue weighted by molar-refractivity contribution is 8.00. The SMILES string of the molecule is COc1cc2c(Oc3ccc(NC(=O)NN4C(=O)CSC4c4c(F)cccc4F)cc3Cl)ccnc2cc1OCCCN1CCCC1. The summed E-state index contributed by atoms with van der Waals surface area (Å²) in [6, 6.07) is 12.6. The van der Waals surface area contributed by atoms with Crippen molar-refractivity contribution in [1.29, 1.82) is 0 Å². The third-order valence-electron chi connectivity index (χ3n) is 7.81. The first kappa shape index (κ1) is 32.6. The van der Waals surface area contributed by atoms with Crippen LogP contribution in [0.3, 0.4) is 0 Å². The number of nitrogens with zero attached hydrogens (tertiary/aromatic N) is 3. The monoisotopic (exact) mass is 683 g/mol. The van der Waals surface area contributed by atoms with Crippen molar-refractivity contribution >= 4 is 51.9 Å². The molecular formula is C33H32ClF2N5O5S. The molecule has 10 nitrogen and oxygen atoms in total. The predicted molar refractivity (Wildman–Crippen MR) is 176 cm³/mol. The second-order valence-electron chi connectivity index (χ2n) is 11.0. The largest absolute Gasteiger partial charge is 0.493 e. The van der Waals surface area contributed by atoms with Crippen molar-refractivity contribution in [2.75, 3.05) is 44.4 Å². The fourth-order valence-corrected chi connectivity index (χ4v) is 6.89. The minimum atomic E-state index is -1.06. The minimum absolute atomic E-state index is 0.0562. The fraction of sp³-hybridized carbons (Fsp3) is 0.303. The Kier molecular flexibility index (Phi) is 10.1. The van der Waals surface area contributed by atoms with Gasteiger partial charge in [-0.15, -0.1) is 11.8 Å². The quantitative estimate of drug-likeness (QED) is 0.161. The summed E-state index contributed by atoms with van der Waals surface area (Å²) in [5, 5.41) is 3.31. The van der Waals surface area contributed by atoms with E-state index in [1.807, 2.05) is 6.07 Å². The van der Waals surface area contributed by atoms with E-state index in [1.54, 1.807) is 37.6 Å². The van der Waals surface area contributed by atoms with Crippen molar-refractivity contribution in [2.45, 2.75) is 24.6 Å². The smallest absolute Gasteiger partial charge is 0.338 e. The van der Waals surface area contributed by atoms with Crippen molar-refractivity contribution in [2.24, 2.45) is 0 Å². The average molecular weight is 684 g/mol. The number of amides is 3. The van der Waals surface area contributed by atoms with Crippen LogP contribution in [0.2, 0.25) is 5.02 Å². The molecule has 2 aliphatic heterocycles. The third-order valence-corrected chi connectivity index (χ3v) is 9.28. The molecule has 2 N–H and O–H groups in total. The highest BCUT2D eigenvalue weighted by Gasteiger charge is 2.37. The Morgan fingerprint density at radius 2 is 1.83 bits per heavy atom. The summed E-state index contributed by atoms with van der Waals surface area (Å²) in [4.78, 5) is 32.2. The lowest BCUT2D eigenvalue weighted by molar-refractivity contribution is -0.130. The van der Waals surface area contributed by atoms with Crippen molar-refractivity contribution < 1.29 is 32.6 Å². The Hall–Kier alpha value is -4.33. The molecule has 1 unspecified atom stereocenters. The number of halogens is 3. The van der Waals surface area contributed by atoms with Crippen LogP contribution in [0, 0.1) is 11.6 Å². The average Bonchev–Trinajstić information content (AvgIpc) is 3.70. The van der Waals surface area contributed by atoms with Crippen molar-refractivity contribution in [3.63, 3.8) is 0 Å². The molecule has 0 spiro atoms. The van der Waals surface area contributed by atoms with Gasteiger partial charge in [-0.2, -0.15) is 0 Å². The first-order valence-corrected chi connectivity index (χ1v) is 16.5. The maximum atomic E-state index is 14.4. The number of ether oxygens (including phenoxy) is 3. The number of likely N-dealkylation sites (tertiary alicyclic amines) is 1. The lowest BCUT2D eigenvalue weighted by Gasteiger charge is -2.25. The number of fused-ring (bicyclic) bond motifs is 1. The molecule has 1 atom stereocenters. The molecule has 246 valence electrons. The molecular weight excluding hydrogens is 652 g/mol. The van der Waals surface area contributed by atoms with Gasteiger partial charge in [0.2, 0.25) is 0 Å². The predicted octanol–water partition coefficient (Wildman–Crippen LogP) is 7.14. The van der Waals surface area contributed by atoms with Gasteiger partial charge in [-0.3, -0.25) is 9.78 Å². The molecule has 3 heterocycles. The Morgan fingerprint density at radius 1 is 1.04 bits per heavy atom. The molecule has 0 saturated carbocycles. The van der Waals surface area contributed by atoms with Crippen LogP contribution >= 0.6 is 23.4 Å². The van der Waals surface area contributed by atoms with Crippen LogP contribution in [-0.4, -0.2) is 65.9 Å². The second kappa shape index (κ2) is 14.6. The molecule has 2 fully saturated rings. The second-order valence-corrected chi connectivity index (χ2v) is 12.4. The van der Waals surface area contributed by atoms with Crippen LogP contribution in [0.15, 0.2) is 60.8 Å². The Labute approximate surface area is 279 Å². The van der Waals surface area contributed by atoms with Crippen LogP contribution in [-0.2, 0) is 4.79 Å². The van der Waals surface area contributed by atoms with Gasteiger partial charge in [0, 0.05) is 29.9 Å². The highest BCUT2D eigenvalue weighted by Crippen LogP contribution is 2.41. The molecule has 0 aliphatic carbocycles. The van der Waals surface area contributed by atoms with Crippen LogP contribution in [0.25, 0.3) is 10.9 Å². The Bertz CT molecular complexity index is 1770. The first-order chi connectivity index (χ1) is 22.8. The van der Waals surface area contributed by atoms with Crippen LogP contribution in [0.1, 0.15) is 30.2 Å². The van der Waals surface area contributed by atoms with Gasteiger partial charge >= 0.3 is 6.03 Å². The van der Waals surface area contributed by atoms with Gasteiger partial charge in [0.15, 0.2) is 11.5 Å². The normalized spacial score (nSPS) is 16.5. The molecule has 1 aromatic heterocycles. The van der Waals surface area contributed by atoms with E-state index in [0.717, 1.165) is 55.0 Å². The minimum Gasteiger partial charge on any atom is -0.493 e. The summed E-state index contributed by atoms with van der Waals surface area (Å²) in [5.74, 6) is -0.261. The van der Waals surface area contributed by atoms with Crippen molar-refractivity contribution in [1.82, 2.24) is 20.3 Å². The summed E-state index contributed by atoms with van der Waals surface area (Å²) < 4.78 is 46.6. The fourth-order valence-electron chi connectivity index (χ4n) is 5.52. The zero-order valence-electron chi connectivity index (χ0n) is 25.4. The van der Waals surface area contributed by atoms with Gasteiger partial charge in [0.05, 0.1) is 35.6 Å². The molecule has 0 radical (unpaired) electrons. The van der Waals surface area contributed by atoms with Gasteiger partial charge < -0.3 is 24.4 Å². The van der Waals surface area contributed by atoms with E-state index in [1.165, 1.54) is 25.0 Å².